The van der Waals surface area contributed by atoms with Gasteiger partial charge in [-0.2, -0.15) is 0 Å². The van der Waals surface area contributed by atoms with Gasteiger partial charge in [0.25, 0.3) is 0 Å². The number of rotatable bonds is 2. The molecule has 1 atom stereocenters. The van der Waals surface area contributed by atoms with Crippen LogP contribution in [0.5, 0.6) is 0 Å². The molecular weight excluding hydrogens is 254 g/mol. The van der Waals surface area contributed by atoms with Gasteiger partial charge in [0.05, 0.1) is 17.1 Å². The molecule has 108 valence electrons. The summed E-state index contributed by atoms with van der Waals surface area (Å²) in [6.07, 6.45) is -0.443. The summed E-state index contributed by atoms with van der Waals surface area (Å²) in [4.78, 5) is 19.4. The van der Waals surface area contributed by atoms with Crippen molar-refractivity contribution in [3.05, 3.63) is 29.6 Å². The van der Waals surface area contributed by atoms with Crippen molar-refractivity contribution in [3.63, 3.8) is 0 Å². The van der Waals surface area contributed by atoms with E-state index in [1.807, 2.05) is 52.8 Å². The van der Waals surface area contributed by atoms with Gasteiger partial charge in [0.1, 0.15) is 11.4 Å². The molecule has 0 saturated carbocycles. The van der Waals surface area contributed by atoms with Gasteiger partial charge in [-0.25, -0.2) is 9.78 Å². The Morgan fingerprint density at radius 2 is 2.10 bits per heavy atom. The number of nitrogens with one attached hydrogen (secondary N) is 2. The van der Waals surface area contributed by atoms with Crippen molar-refractivity contribution in [2.45, 2.75) is 46.3 Å². The van der Waals surface area contributed by atoms with Crippen LogP contribution in [0.1, 0.15) is 45.1 Å². The average molecular weight is 275 g/mol. The number of nitrogens with zero attached hydrogens (tertiary/aromatic N) is 1. The first-order valence-electron chi connectivity index (χ1n) is 6.70. The summed E-state index contributed by atoms with van der Waals surface area (Å²) in [6.45, 7) is 9.40. The van der Waals surface area contributed by atoms with E-state index in [0.29, 0.717) is 0 Å². The number of hydrogen-bond donors (Lipinski definition) is 2. The summed E-state index contributed by atoms with van der Waals surface area (Å²) in [7, 11) is 0. The third kappa shape index (κ3) is 3.50. The SMILES string of the molecule is Cc1ccc2[nH]c(C(C)NC(=O)OC(C)(C)C)nc2c1. The van der Waals surface area contributed by atoms with Crippen LogP contribution in [-0.4, -0.2) is 21.7 Å². The number of imidazole rings is 1. The van der Waals surface area contributed by atoms with Crippen LogP contribution in [0, 0.1) is 6.92 Å². The Morgan fingerprint density at radius 3 is 2.75 bits per heavy atom. The van der Waals surface area contributed by atoms with Crippen molar-refractivity contribution >= 4 is 17.1 Å². The van der Waals surface area contributed by atoms with Crippen molar-refractivity contribution in [2.75, 3.05) is 0 Å². The highest BCUT2D eigenvalue weighted by atomic mass is 16.6. The molecule has 20 heavy (non-hydrogen) atoms. The van der Waals surface area contributed by atoms with Gasteiger partial charge in [-0.1, -0.05) is 6.07 Å². The van der Waals surface area contributed by atoms with Crippen molar-refractivity contribution in [3.8, 4) is 0 Å². The number of carbonyl (C=O) groups excluding carboxylic acids is 1. The maximum Gasteiger partial charge on any atom is 0.408 e. The molecule has 0 aliphatic carbocycles. The van der Waals surface area contributed by atoms with Crippen LogP contribution in [-0.2, 0) is 4.74 Å². The minimum atomic E-state index is -0.505. The molecule has 2 N–H and O–H groups in total. The zero-order valence-electron chi connectivity index (χ0n) is 12.6. The standard InChI is InChI=1S/C15H21N3O2/c1-9-6-7-11-12(8-9)18-13(17-11)10(2)16-14(19)20-15(3,4)5/h6-8,10H,1-5H3,(H,16,19)(H,17,18). The predicted octanol–water partition coefficient (Wildman–Crippen LogP) is 3.46. The Bertz CT molecular complexity index is 626. The lowest BCUT2D eigenvalue weighted by molar-refractivity contribution is 0.0506. The first kappa shape index (κ1) is 14.4. The van der Waals surface area contributed by atoms with Gasteiger partial charge in [-0.3, -0.25) is 0 Å². The van der Waals surface area contributed by atoms with Gasteiger partial charge in [-0.15, -0.1) is 0 Å². The monoisotopic (exact) mass is 275 g/mol. The fourth-order valence-electron chi connectivity index (χ4n) is 1.89. The number of aryl methyl sites for hydroxylation is 1. The maximum absolute atomic E-state index is 11.7. The molecule has 0 aliphatic rings. The zero-order chi connectivity index (χ0) is 14.9. The molecule has 5 nitrogen and oxygen atoms in total. The van der Waals surface area contributed by atoms with Gasteiger partial charge < -0.3 is 15.0 Å². The van der Waals surface area contributed by atoms with E-state index < -0.39 is 11.7 Å². The summed E-state index contributed by atoms with van der Waals surface area (Å²) >= 11 is 0. The minimum Gasteiger partial charge on any atom is -0.444 e. The highest BCUT2D eigenvalue weighted by Gasteiger charge is 2.19. The Balaban J connectivity index is 2.11. The first-order valence-corrected chi connectivity index (χ1v) is 6.70. The summed E-state index contributed by atoms with van der Waals surface area (Å²) in [5, 5.41) is 2.77. The van der Waals surface area contributed by atoms with Crippen LogP contribution in [0.2, 0.25) is 0 Å². The molecular formula is C15H21N3O2. The third-order valence-electron chi connectivity index (χ3n) is 2.80. The number of ether oxygens (including phenoxy) is 1. The van der Waals surface area contributed by atoms with Gasteiger partial charge >= 0.3 is 6.09 Å². The summed E-state index contributed by atoms with van der Waals surface area (Å²) in [5.41, 5.74) is 2.51. The van der Waals surface area contributed by atoms with Crippen LogP contribution in [0.4, 0.5) is 4.79 Å². The van der Waals surface area contributed by atoms with E-state index in [2.05, 4.69) is 15.3 Å². The quantitative estimate of drug-likeness (QED) is 0.882. The van der Waals surface area contributed by atoms with Gasteiger partial charge in [0.2, 0.25) is 0 Å². The molecule has 2 rings (SSSR count). The number of fused-ring (bicyclic) bond motifs is 1. The van der Waals surface area contributed by atoms with Gasteiger partial charge in [-0.05, 0) is 52.3 Å². The molecule has 0 saturated heterocycles. The van der Waals surface area contributed by atoms with Crippen molar-refractivity contribution in [1.82, 2.24) is 15.3 Å². The predicted molar refractivity (Wildman–Crippen MR) is 78.6 cm³/mol. The largest absolute Gasteiger partial charge is 0.444 e. The van der Waals surface area contributed by atoms with Crippen LogP contribution in [0.25, 0.3) is 11.0 Å². The highest BCUT2D eigenvalue weighted by Crippen LogP contribution is 2.17. The third-order valence-corrected chi connectivity index (χ3v) is 2.80. The number of hydrogen-bond acceptors (Lipinski definition) is 3. The molecule has 5 heteroatoms. The van der Waals surface area contributed by atoms with Gasteiger partial charge in [0.15, 0.2) is 0 Å². The van der Waals surface area contributed by atoms with E-state index in [1.54, 1.807) is 0 Å². The lowest BCUT2D eigenvalue weighted by Gasteiger charge is -2.21. The molecule has 1 heterocycles. The van der Waals surface area contributed by atoms with Crippen molar-refractivity contribution < 1.29 is 9.53 Å². The van der Waals surface area contributed by atoms with E-state index in [4.69, 9.17) is 4.74 Å². The Kier molecular flexibility index (Phi) is 3.70. The van der Waals surface area contributed by atoms with E-state index >= 15 is 0 Å². The number of alkyl carbamates (subject to hydrolysis) is 1. The van der Waals surface area contributed by atoms with Crippen molar-refractivity contribution in [1.29, 1.82) is 0 Å². The van der Waals surface area contributed by atoms with Gasteiger partial charge in [0, 0.05) is 0 Å². The summed E-state index contributed by atoms with van der Waals surface area (Å²) in [6, 6.07) is 5.78. The Hall–Kier alpha value is -2.04. The maximum atomic E-state index is 11.7. The molecule has 0 aliphatic heterocycles. The topological polar surface area (TPSA) is 67.0 Å². The molecule has 2 aromatic rings. The smallest absolute Gasteiger partial charge is 0.408 e. The fourth-order valence-corrected chi connectivity index (χ4v) is 1.89. The zero-order valence-corrected chi connectivity index (χ0v) is 12.6. The highest BCUT2D eigenvalue weighted by molar-refractivity contribution is 5.76. The van der Waals surface area contributed by atoms with Crippen molar-refractivity contribution in [2.24, 2.45) is 0 Å². The first-order chi connectivity index (χ1) is 9.24. The van der Waals surface area contributed by atoms with E-state index in [-0.39, 0.29) is 6.04 Å². The van der Waals surface area contributed by atoms with Crippen LogP contribution in [0.15, 0.2) is 18.2 Å². The lowest BCUT2D eigenvalue weighted by atomic mass is 10.2. The number of aromatic nitrogens is 2. The Morgan fingerprint density at radius 1 is 1.40 bits per heavy atom. The molecule has 0 fully saturated rings. The van der Waals surface area contributed by atoms with E-state index in [0.717, 1.165) is 22.4 Å². The summed E-state index contributed by atoms with van der Waals surface area (Å²) < 4.78 is 5.23. The number of benzene rings is 1. The molecule has 1 aromatic heterocycles. The number of H-pyrrole nitrogens is 1. The van der Waals surface area contributed by atoms with Crippen LogP contribution >= 0.6 is 0 Å². The van der Waals surface area contributed by atoms with Crippen LogP contribution < -0.4 is 5.32 Å². The molecule has 1 amide bonds. The summed E-state index contributed by atoms with van der Waals surface area (Å²) in [5.74, 6) is 0.719. The molecule has 0 bridgehead atoms. The van der Waals surface area contributed by atoms with E-state index in [1.165, 1.54) is 0 Å². The van der Waals surface area contributed by atoms with E-state index in [9.17, 15) is 4.79 Å². The Labute approximate surface area is 118 Å². The molecule has 0 radical (unpaired) electrons. The average Bonchev–Trinajstić information content (AvgIpc) is 2.68. The van der Waals surface area contributed by atoms with Crippen LogP contribution in [0.3, 0.4) is 0 Å². The second-order valence-corrected chi connectivity index (χ2v) is 6.01. The number of aromatic amines is 1. The number of amides is 1. The molecule has 1 aromatic carbocycles. The normalized spacial score (nSPS) is 13.2. The fraction of sp³-hybridized carbons (Fsp3) is 0.467. The number of carbonyl (C=O) groups is 1. The lowest BCUT2D eigenvalue weighted by Crippen LogP contribution is -2.34. The second-order valence-electron chi connectivity index (χ2n) is 6.01. The minimum absolute atomic E-state index is 0.238. The molecule has 1 unspecified atom stereocenters. The second kappa shape index (κ2) is 5.15. The molecule has 0 spiro atoms.